The fraction of sp³-hybridized carbons (Fsp3) is 0.500. The second-order valence-corrected chi connectivity index (χ2v) is 13.2. The lowest BCUT2D eigenvalue weighted by atomic mass is 9.87. The summed E-state index contributed by atoms with van der Waals surface area (Å²) in [5.74, 6) is 0.461. The summed E-state index contributed by atoms with van der Waals surface area (Å²) < 4.78 is 7.61. The molecule has 4 rings (SSSR count). The number of unbranched alkanes of at least 4 members (excludes halogenated alkanes) is 2. The van der Waals surface area contributed by atoms with Gasteiger partial charge in [-0.15, -0.1) is 0 Å². The van der Waals surface area contributed by atoms with E-state index >= 15 is 0 Å². The summed E-state index contributed by atoms with van der Waals surface area (Å²) in [4.78, 5) is 59.8. The molecule has 2 unspecified atom stereocenters. The van der Waals surface area contributed by atoms with Crippen molar-refractivity contribution in [3.8, 4) is 0 Å². The Labute approximate surface area is 295 Å². The Morgan fingerprint density at radius 1 is 0.860 bits per heavy atom. The Balaban J connectivity index is 1.19. The Hall–Kier alpha value is -4.60. The minimum Gasteiger partial charge on any atom is -0.461 e. The maximum absolute atomic E-state index is 13.1. The molecule has 0 fully saturated rings. The van der Waals surface area contributed by atoms with Crippen LogP contribution in [0.15, 0.2) is 54.6 Å². The first-order valence-corrected chi connectivity index (χ1v) is 18.2. The number of ketones is 2. The average Bonchev–Trinajstić information content (AvgIpc) is 3.49. The molecule has 0 aliphatic heterocycles. The molecule has 2 aromatic heterocycles. The van der Waals surface area contributed by atoms with Gasteiger partial charge in [0.1, 0.15) is 29.5 Å². The van der Waals surface area contributed by atoms with Gasteiger partial charge in [-0.3, -0.25) is 19.2 Å². The van der Waals surface area contributed by atoms with Gasteiger partial charge >= 0.3 is 5.97 Å². The lowest BCUT2D eigenvalue weighted by Crippen LogP contribution is -2.26. The number of carbonyl (C=O) groups is 4. The Morgan fingerprint density at radius 2 is 1.58 bits per heavy atom. The summed E-state index contributed by atoms with van der Waals surface area (Å²) in [5, 5.41) is 4.06. The van der Waals surface area contributed by atoms with E-state index in [9.17, 15) is 19.2 Å². The molecule has 4 aromatic rings. The number of hydrogen-bond acceptors (Lipinski definition) is 8. The molecular weight excluding hydrogens is 630 g/mol. The number of nitrogens with one attached hydrogen (secondary N) is 1. The number of Topliss-reactive ketones (excluding diaryl/α,β-unsaturated/α-hetero) is 2. The molecule has 0 bridgehead atoms. The number of imidazole rings is 1. The SMILES string of the molecule is CCCCc1nc2c(N)nc3ccccc3c2n1CCCCNC(=O)CCC(CC)C(=O)CCC(CCC(=O)OCc1ccccc1)C(C)=O. The molecule has 2 atom stereocenters. The summed E-state index contributed by atoms with van der Waals surface area (Å²) in [7, 11) is 0. The van der Waals surface area contributed by atoms with Crippen LogP contribution in [-0.4, -0.2) is 44.5 Å². The van der Waals surface area contributed by atoms with Crippen molar-refractivity contribution in [1.29, 1.82) is 0 Å². The predicted octanol–water partition coefficient (Wildman–Crippen LogP) is 7.29. The molecule has 0 aliphatic rings. The standard InChI is InChI=1S/C40H53N5O5/c1-4-6-18-35-44-38-39(32-16-10-11-17-33(32)43-40(38)41)45(35)26-13-12-25-42-36(48)23-20-30(5-2)34(47)22-19-31(28(3)46)21-24-37(49)50-27-29-14-8-7-9-15-29/h7-11,14-17,30-31H,4-6,12-13,18-27H2,1-3H3,(H2,41,43)(H,42,48). The van der Waals surface area contributed by atoms with E-state index in [1.807, 2.05) is 55.5 Å². The van der Waals surface area contributed by atoms with Gasteiger partial charge in [-0.05, 0) is 63.5 Å². The summed E-state index contributed by atoms with van der Waals surface area (Å²) in [5.41, 5.74) is 9.86. The zero-order chi connectivity index (χ0) is 35.9. The maximum atomic E-state index is 13.1. The van der Waals surface area contributed by atoms with E-state index in [-0.39, 0.29) is 61.1 Å². The minimum absolute atomic E-state index is 0.0333. The molecule has 268 valence electrons. The van der Waals surface area contributed by atoms with Crippen LogP contribution in [0.2, 0.25) is 0 Å². The highest BCUT2D eigenvalue weighted by molar-refractivity contribution is 6.06. The lowest BCUT2D eigenvalue weighted by Gasteiger charge is -2.17. The number of aryl methyl sites for hydroxylation is 2. The monoisotopic (exact) mass is 683 g/mol. The second-order valence-electron chi connectivity index (χ2n) is 13.2. The summed E-state index contributed by atoms with van der Waals surface area (Å²) in [6.45, 7) is 7.14. The number of esters is 1. The highest BCUT2D eigenvalue weighted by Gasteiger charge is 2.22. The van der Waals surface area contributed by atoms with Crippen LogP contribution in [-0.2, 0) is 43.5 Å². The zero-order valence-corrected chi connectivity index (χ0v) is 29.9. The number of anilines is 1. The van der Waals surface area contributed by atoms with Gasteiger partial charge in [0.05, 0.1) is 11.0 Å². The normalized spacial score (nSPS) is 12.5. The predicted molar refractivity (Wildman–Crippen MR) is 197 cm³/mol. The highest BCUT2D eigenvalue weighted by Crippen LogP contribution is 2.30. The maximum Gasteiger partial charge on any atom is 0.306 e. The smallest absolute Gasteiger partial charge is 0.306 e. The van der Waals surface area contributed by atoms with Crippen molar-refractivity contribution in [1.82, 2.24) is 19.9 Å². The quantitative estimate of drug-likeness (QED) is 0.0649. The molecule has 50 heavy (non-hydrogen) atoms. The average molecular weight is 684 g/mol. The minimum atomic E-state index is -0.375. The first-order chi connectivity index (χ1) is 24.2. The molecule has 3 N–H and O–H groups in total. The van der Waals surface area contributed by atoms with Crippen molar-refractivity contribution in [2.75, 3.05) is 12.3 Å². The van der Waals surface area contributed by atoms with Crippen LogP contribution in [0.5, 0.6) is 0 Å². The van der Waals surface area contributed by atoms with Crippen molar-refractivity contribution in [2.24, 2.45) is 11.8 Å². The van der Waals surface area contributed by atoms with Gasteiger partial charge in [-0.25, -0.2) is 9.97 Å². The molecule has 0 saturated heterocycles. The summed E-state index contributed by atoms with van der Waals surface area (Å²) in [6.07, 6.45) is 7.16. The van der Waals surface area contributed by atoms with Crippen LogP contribution < -0.4 is 11.1 Å². The van der Waals surface area contributed by atoms with Gasteiger partial charge in [0.15, 0.2) is 5.82 Å². The molecule has 2 heterocycles. The third-order valence-corrected chi connectivity index (χ3v) is 9.50. The van der Waals surface area contributed by atoms with Gasteiger partial charge in [-0.2, -0.15) is 0 Å². The Bertz CT molecular complexity index is 1730. The number of amides is 1. The Morgan fingerprint density at radius 3 is 2.32 bits per heavy atom. The van der Waals surface area contributed by atoms with E-state index in [0.717, 1.165) is 72.0 Å². The van der Waals surface area contributed by atoms with E-state index in [0.29, 0.717) is 38.0 Å². The van der Waals surface area contributed by atoms with Crippen molar-refractivity contribution in [3.63, 3.8) is 0 Å². The third kappa shape index (κ3) is 11.0. The largest absolute Gasteiger partial charge is 0.461 e. The molecule has 0 spiro atoms. The Kier molecular flexibility index (Phi) is 14.9. The van der Waals surface area contributed by atoms with E-state index in [1.165, 1.54) is 6.92 Å². The number of para-hydroxylation sites is 1. The van der Waals surface area contributed by atoms with Gasteiger partial charge in [0.25, 0.3) is 0 Å². The van der Waals surface area contributed by atoms with Crippen LogP contribution >= 0.6 is 0 Å². The molecular formula is C40H53N5O5. The molecule has 2 aromatic carbocycles. The van der Waals surface area contributed by atoms with Crippen LogP contribution in [0.1, 0.15) is 103 Å². The molecule has 1 amide bonds. The van der Waals surface area contributed by atoms with E-state index in [1.54, 1.807) is 0 Å². The number of rotatable bonds is 22. The van der Waals surface area contributed by atoms with E-state index < -0.39 is 0 Å². The molecule has 0 aliphatic carbocycles. The number of nitrogens with zero attached hydrogens (tertiary/aromatic N) is 3. The number of benzene rings is 2. The van der Waals surface area contributed by atoms with Gasteiger partial charge in [0, 0.05) is 56.0 Å². The van der Waals surface area contributed by atoms with E-state index in [4.69, 9.17) is 15.5 Å². The lowest BCUT2D eigenvalue weighted by molar-refractivity contribution is -0.145. The molecule has 0 radical (unpaired) electrons. The van der Waals surface area contributed by atoms with Gasteiger partial charge in [-0.1, -0.05) is 68.8 Å². The molecule has 10 heteroatoms. The first kappa shape index (κ1) is 38.2. The summed E-state index contributed by atoms with van der Waals surface area (Å²) in [6, 6.07) is 17.4. The number of nitrogen functional groups attached to an aromatic ring is 1. The number of ether oxygens (including phenoxy) is 1. The number of pyridine rings is 1. The van der Waals surface area contributed by atoms with Crippen molar-refractivity contribution in [2.45, 2.75) is 111 Å². The number of aromatic nitrogens is 3. The van der Waals surface area contributed by atoms with Gasteiger partial charge < -0.3 is 20.4 Å². The number of nitrogens with two attached hydrogens (primary N) is 1. The van der Waals surface area contributed by atoms with Crippen molar-refractivity contribution >= 4 is 51.2 Å². The van der Waals surface area contributed by atoms with Crippen LogP contribution in [0.25, 0.3) is 21.9 Å². The number of fused-ring (bicyclic) bond motifs is 3. The van der Waals surface area contributed by atoms with Crippen molar-refractivity contribution in [3.05, 3.63) is 66.0 Å². The third-order valence-electron chi connectivity index (χ3n) is 9.50. The highest BCUT2D eigenvalue weighted by atomic mass is 16.5. The van der Waals surface area contributed by atoms with Crippen LogP contribution in [0.4, 0.5) is 5.82 Å². The molecule has 0 saturated carbocycles. The topological polar surface area (TPSA) is 146 Å². The van der Waals surface area contributed by atoms with Crippen LogP contribution in [0, 0.1) is 11.8 Å². The number of hydrogen-bond donors (Lipinski definition) is 2. The second kappa shape index (κ2) is 19.6. The first-order valence-electron chi connectivity index (χ1n) is 18.2. The molecule has 10 nitrogen and oxygen atoms in total. The summed E-state index contributed by atoms with van der Waals surface area (Å²) >= 11 is 0. The van der Waals surface area contributed by atoms with Gasteiger partial charge in [0.2, 0.25) is 5.91 Å². The van der Waals surface area contributed by atoms with Crippen molar-refractivity contribution < 1.29 is 23.9 Å². The number of carbonyl (C=O) groups excluding carboxylic acids is 4. The van der Waals surface area contributed by atoms with Crippen LogP contribution in [0.3, 0.4) is 0 Å². The zero-order valence-electron chi connectivity index (χ0n) is 29.9. The van der Waals surface area contributed by atoms with E-state index in [2.05, 4.69) is 27.9 Å². The fourth-order valence-electron chi connectivity index (χ4n) is 6.45. The fourth-order valence-corrected chi connectivity index (χ4v) is 6.45.